The predicted octanol–water partition coefficient (Wildman–Crippen LogP) is 4.70. The third-order valence-electron chi connectivity index (χ3n) is 5.39. The Morgan fingerprint density at radius 2 is 1.36 bits per heavy atom. The van der Waals surface area contributed by atoms with Gasteiger partial charge in [0.15, 0.2) is 11.7 Å². The van der Waals surface area contributed by atoms with Crippen molar-refractivity contribution in [2.75, 3.05) is 13.2 Å². The van der Waals surface area contributed by atoms with Crippen LogP contribution < -0.4 is 0 Å². The Morgan fingerprint density at radius 1 is 0.788 bits per heavy atom. The molecule has 0 fully saturated rings. The first-order valence-electron chi connectivity index (χ1n) is 11.2. The normalized spacial score (nSPS) is 11.7. The number of ether oxygens (including phenoxy) is 2. The second-order valence-corrected chi connectivity index (χ2v) is 7.60. The highest BCUT2D eigenvalue weighted by Crippen LogP contribution is 2.34. The van der Waals surface area contributed by atoms with Crippen LogP contribution in [0.5, 0.6) is 0 Å². The van der Waals surface area contributed by atoms with Crippen molar-refractivity contribution in [3.63, 3.8) is 0 Å². The van der Waals surface area contributed by atoms with Crippen LogP contribution in [0, 0.1) is 5.92 Å². The lowest BCUT2D eigenvalue weighted by molar-refractivity contribution is -0.162. The van der Waals surface area contributed by atoms with Gasteiger partial charge >= 0.3 is 11.9 Å². The minimum absolute atomic E-state index is 0.0577. The minimum Gasteiger partial charge on any atom is -0.465 e. The second-order valence-electron chi connectivity index (χ2n) is 7.60. The number of nitrogens with one attached hydrogen (secondary N) is 1. The molecule has 33 heavy (non-hydrogen) atoms. The molecule has 0 aliphatic heterocycles. The summed E-state index contributed by atoms with van der Waals surface area (Å²) in [5.41, 5.74) is 3.00. The summed E-state index contributed by atoms with van der Waals surface area (Å²) in [5, 5.41) is 0. The average Bonchev–Trinajstić information content (AvgIpc) is 3.30. The highest BCUT2D eigenvalue weighted by atomic mass is 16.6. The molecule has 0 amide bonds. The van der Waals surface area contributed by atoms with E-state index in [1.807, 2.05) is 60.7 Å². The molecular weight excluding hydrogens is 418 g/mol. The molecule has 6 nitrogen and oxygen atoms in total. The molecule has 0 aliphatic carbocycles. The van der Waals surface area contributed by atoms with Gasteiger partial charge in [0.2, 0.25) is 0 Å². The first-order chi connectivity index (χ1) is 16.0. The molecule has 0 aliphatic rings. The van der Waals surface area contributed by atoms with Crippen LogP contribution in [0.15, 0.2) is 72.8 Å². The standard InChI is InChI=1S/C27H29NO5/c1-3-32-26(30)25(27(31)33-4-2)24(20-13-9-6-10-14-20)22-17-15-21(28-22)16-18-23(29)19-11-7-5-8-12-19/h5-15,17,24-25,28H,3-4,16,18H2,1-2H3. The van der Waals surface area contributed by atoms with Gasteiger partial charge in [-0.15, -0.1) is 0 Å². The minimum atomic E-state index is -1.15. The summed E-state index contributed by atoms with van der Waals surface area (Å²) >= 11 is 0. The number of hydrogen-bond acceptors (Lipinski definition) is 5. The summed E-state index contributed by atoms with van der Waals surface area (Å²) in [5.74, 6) is -2.95. The zero-order chi connectivity index (χ0) is 23.6. The van der Waals surface area contributed by atoms with Crippen LogP contribution in [0.1, 0.15) is 53.5 Å². The fraction of sp³-hybridized carbons (Fsp3) is 0.296. The highest BCUT2D eigenvalue weighted by Gasteiger charge is 2.40. The van der Waals surface area contributed by atoms with Crippen LogP contribution in [-0.4, -0.2) is 35.9 Å². The van der Waals surface area contributed by atoms with E-state index in [1.165, 1.54) is 0 Å². The van der Waals surface area contributed by atoms with Crippen LogP contribution in [0.4, 0.5) is 0 Å². The SMILES string of the molecule is CCOC(=O)C(C(=O)OCC)C(c1ccccc1)c1ccc(CCC(=O)c2ccccc2)[nH]1. The Morgan fingerprint density at radius 3 is 1.94 bits per heavy atom. The summed E-state index contributed by atoms with van der Waals surface area (Å²) in [7, 11) is 0. The summed E-state index contributed by atoms with van der Waals surface area (Å²) in [4.78, 5) is 41.5. The number of ketones is 1. The Bertz CT molecular complexity index is 1040. The summed E-state index contributed by atoms with van der Waals surface area (Å²) in [6.45, 7) is 3.73. The van der Waals surface area contributed by atoms with Crippen molar-refractivity contribution >= 4 is 17.7 Å². The molecule has 172 valence electrons. The number of carbonyl (C=O) groups is 3. The maximum Gasteiger partial charge on any atom is 0.321 e. The van der Waals surface area contributed by atoms with Crippen molar-refractivity contribution in [3.8, 4) is 0 Å². The number of esters is 2. The van der Waals surface area contributed by atoms with Gasteiger partial charge in [-0.3, -0.25) is 14.4 Å². The van der Waals surface area contributed by atoms with Gasteiger partial charge in [-0.2, -0.15) is 0 Å². The predicted molar refractivity (Wildman–Crippen MR) is 125 cm³/mol. The number of aryl methyl sites for hydroxylation is 1. The zero-order valence-corrected chi connectivity index (χ0v) is 19.0. The molecule has 1 heterocycles. The van der Waals surface area contributed by atoms with Gasteiger partial charge in [0, 0.05) is 29.3 Å². The van der Waals surface area contributed by atoms with Gasteiger partial charge in [0.1, 0.15) is 0 Å². The lowest BCUT2D eigenvalue weighted by Crippen LogP contribution is -2.34. The number of aromatic amines is 1. The Labute approximate surface area is 193 Å². The third-order valence-corrected chi connectivity index (χ3v) is 5.39. The van der Waals surface area contributed by atoms with E-state index in [-0.39, 0.29) is 19.0 Å². The molecule has 3 aromatic rings. The first-order valence-corrected chi connectivity index (χ1v) is 11.2. The number of carbonyl (C=O) groups excluding carboxylic acids is 3. The largest absolute Gasteiger partial charge is 0.465 e. The van der Waals surface area contributed by atoms with Crippen molar-refractivity contribution in [2.45, 2.75) is 32.6 Å². The van der Waals surface area contributed by atoms with E-state index in [9.17, 15) is 14.4 Å². The smallest absolute Gasteiger partial charge is 0.321 e. The first kappa shape index (κ1) is 24.0. The fourth-order valence-electron chi connectivity index (χ4n) is 3.85. The van der Waals surface area contributed by atoms with Gasteiger partial charge < -0.3 is 14.5 Å². The maximum absolute atomic E-state index is 12.8. The van der Waals surface area contributed by atoms with E-state index < -0.39 is 23.8 Å². The number of aromatic nitrogens is 1. The van der Waals surface area contributed by atoms with Crippen molar-refractivity contribution in [3.05, 3.63) is 95.3 Å². The molecule has 1 unspecified atom stereocenters. The molecule has 2 aromatic carbocycles. The van der Waals surface area contributed by atoms with Gasteiger partial charge in [-0.05, 0) is 38.0 Å². The molecule has 1 N–H and O–H groups in total. The van der Waals surface area contributed by atoms with Crippen LogP contribution in [0.2, 0.25) is 0 Å². The van der Waals surface area contributed by atoms with Crippen molar-refractivity contribution in [1.82, 2.24) is 4.98 Å². The van der Waals surface area contributed by atoms with E-state index in [4.69, 9.17) is 9.47 Å². The topological polar surface area (TPSA) is 85.5 Å². The summed E-state index contributed by atoms with van der Waals surface area (Å²) < 4.78 is 10.5. The molecular formula is C27H29NO5. The highest BCUT2D eigenvalue weighted by molar-refractivity contribution is 5.97. The molecule has 0 bridgehead atoms. The Balaban J connectivity index is 1.88. The molecule has 1 aromatic heterocycles. The van der Waals surface area contributed by atoms with Crippen molar-refractivity contribution in [1.29, 1.82) is 0 Å². The van der Waals surface area contributed by atoms with Crippen molar-refractivity contribution in [2.24, 2.45) is 5.92 Å². The fourth-order valence-corrected chi connectivity index (χ4v) is 3.85. The van der Waals surface area contributed by atoms with Crippen LogP contribution in [-0.2, 0) is 25.5 Å². The molecule has 6 heteroatoms. The molecule has 0 saturated heterocycles. The third kappa shape index (κ3) is 6.19. The van der Waals surface area contributed by atoms with E-state index in [0.29, 0.717) is 24.1 Å². The lowest BCUT2D eigenvalue weighted by atomic mass is 9.83. The van der Waals surface area contributed by atoms with Gasteiger partial charge in [0.25, 0.3) is 0 Å². The van der Waals surface area contributed by atoms with Gasteiger partial charge in [-0.25, -0.2) is 0 Å². The average molecular weight is 448 g/mol. The number of Topliss-reactive ketones (excluding diaryl/α,β-unsaturated/α-hetero) is 1. The van der Waals surface area contributed by atoms with E-state index in [1.54, 1.807) is 26.0 Å². The summed E-state index contributed by atoms with van der Waals surface area (Å²) in [6, 6.07) is 22.2. The molecule has 1 atom stereocenters. The zero-order valence-electron chi connectivity index (χ0n) is 19.0. The Hall–Kier alpha value is -3.67. The van der Waals surface area contributed by atoms with E-state index in [0.717, 1.165) is 11.3 Å². The monoisotopic (exact) mass is 447 g/mol. The molecule has 0 radical (unpaired) electrons. The molecule has 0 spiro atoms. The lowest BCUT2D eigenvalue weighted by Gasteiger charge is -2.24. The number of hydrogen-bond donors (Lipinski definition) is 1. The van der Waals surface area contributed by atoms with E-state index in [2.05, 4.69) is 4.98 Å². The summed E-state index contributed by atoms with van der Waals surface area (Å²) in [6.07, 6.45) is 0.859. The van der Waals surface area contributed by atoms with Crippen LogP contribution in [0.3, 0.4) is 0 Å². The molecule has 0 saturated carbocycles. The van der Waals surface area contributed by atoms with E-state index >= 15 is 0 Å². The quantitative estimate of drug-likeness (QED) is 0.262. The Kier molecular flexibility index (Phi) is 8.58. The van der Waals surface area contributed by atoms with Gasteiger partial charge in [0.05, 0.1) is 13.2 Å². The van der Waals surface area contributed by atoms with Crippen LogP contribution >= 0.6 is 0 Å². The number of rotatable bonds is 11. The molecule has 3 rings (SSSR count). The number of H-pyrrole nitrogens is 1. The van der Waals surface area contributed by atoms with Gasteiger partial charge in [-0.1, -0.05) is 60.7 Å². The van der Waals surface area contributed by atoms with Crippen molar-refractivity contribution < 1.29 is 23.9 Å². The number of benzene rings is 2. The maximum atomic E-state index is 12.8. The second kappa shape index (κ2) is 11.8. The van der Waals surface area contributed by atoms with Crippen LogP contribution in [0.25, 0.3) is 0 Å².